The second-order valence-corrected chi connectivity index (χ2v) is 5.98. The van der Waals surface area contributed by atoms with Gasteiger partial charge >= 0.3 is 0 Å². The lowest BCUT2D eigenvalue weighted by atomic mass is 10.1. The Labute approximate surface area is 167 Å². The third kappa shape index (κ3) is 3.89. The van der Waals surface area contributed by atoms with Crippen LogP contribution in [0.5, 0.6) is 23.0 Å². The number of hydrogen-bond acceptors (Lipinski definition) is 7. The normalized spacial score (nSPS) is 11.2. The van der Waals surface area contributed by atoms with Gasteiger partial charge in [-0.2, -0.15) is 4.98 Å². The predicted molar refractivity (Wildman–Crippen MR) is 106 cm³/mol. The number of ether oxygens (including phenoxy) is 4. The van der Waals surface area contributed by atoms with Gasteiger partial charge < -0.3 is 23.5 Å². The first kappa shape index (κ1) is 19.6. The summed E-state index contributed by atoms with van der Waals surface area (Å²) in [6.45, 7) is 0. The highest BCUT2D eigenvalue weighted by atomic mass is 35.5. The lowest BCUT2D eigenvalue weighted by molar-refractivity contribution is 0.324. The van der Waals surface area contributed by atoms with Crippen LogP contribution in [0.25, 0.3) is 22.5 Å². The van der Waals surface area contributed by atoms with Crippen molar-refractivity contribution in [3.05, 3.63) is 47.9 Å². The highest BCUT2D eigenvalue weighted by Gasteiger charge is 2.16. The Morgan fingerprint density at radius 3 is 2.18 bits per heavy atom. The number of halogens is 1. The molecular weight excluding hydrogens is 384 g/mol. The molecule has 3 rings (SSSR count). The first-order valence-corrected chi connectivity index (χ1v) is 8.63. The highest BCUT2D eigenvalue weighted by Crippen LogP contribution is 2.39. The van der Waals surface area contributed by atoms with E-state index >= 15 is 0 Å². The summed E-state index contributed by atoms with van der Waals surface area (Å²) in [5, 5.41) is 4.26. The van der Waals surface area contributed by atoms with Crippen LogP contribution < -0.4 is 18.9 Å². The monoisotopic (exact) mass is 402 g/mol. The third-order valence-corrected chi connectivity index (χ3v) is 4.23. The zero-order chi connectivity index (χ0) is 20.1. The van der Waals surface area contributed by atoms with Gasteiger partial charge in [-0.3, -0.25) is 0 Å². The number of rotatable bonds is 7. The molecule has 1 aromatic heterocycles. The molecule has 0 atom stereocenters. The van der Waals surface area contributed by atoms with E-state index in [0.717, 1.165) is 5.56 Å². The van der Waals surface area contributed by atoms with Crippen molar-refractivity contribution < 1.29 is 23.5 Å². The van der Waals surface area contributed by atoms with Crippen molar-refractivity contribution in [1.82, 2.24) is 10.1 Å². The minimum Gasteiger partial charge on any atom is -0.496 e. The summed E-state index contributed by atoms with van der Waals surface area (Å²) in [7, 11) is 6.21. The third-order valence-electron chi connectivity index (χ3n) is 3.96. The molecule has 0 saturated heterocycles. The number of methoxy groups -OCH3 is 4. The fourth-order valence-electron chi connectivity index (χ4n) is 2.65. The fourth-order valence-corrected chi connectivity index (χ4v) is 2.85. The topological polar surface area (TPSA) is 75.8 Å². The summed E-state index contributed by atoms with van der Waals surface area (Å²) in [4.78, 5) is 4.36. The van der Waals surface area contributed by atoms with Crippen molar-refractivity contribution in [1.29, 1.82) is 0 Å². The van der Waals surface area contributed by atoms with Gasteiger partial charge in [0.05, 0.1) is 34.0 Å². The van der Waals surface area contributed by atoms with Gasteiger partial charge in [0.1, 0.15) is 10.8 Å². The van der Waals surface area contributed by atoms with Gasteiger partial charge in [-0.1, -0.05) is 28.9 Å². The Kier molecular flexibility index (Phi) is 6.06. The van der Waals surface area contributed by atoms with Crippen molar-refractivity contribution in [3.8, 4) is 34.4 Å². The maximum Gasteiger partial charge on any atom is 0.269 e. The van der Waals surface area contributed by atoms with E-state index in [1.165, 1.54) is 0 Å². The summed E-state index contributed by atoms with van der Waals surface area (Å²) in [6, 6.07) is 10.9. The molecule has 0 aliphatic rings. The Morgan fingerprint density at radius 1 is 0.929 bits per heavy atom. The van der Waals surface area contributed by atoms with E-state index in [4.69, 9.17) is 35.1 Å². The van der Waals surface area contributed by atoms with Gasteiger partial charge in [0, 0.05) is 0 Å². The summed E-state index contributed by atoms with van der Waals surface area (Å²) >= 11 is 6.40. The van der Waals surface area contributed by atoms with E-state index in [0.29, 0.717) is 34.4 Å². The molecule has 0 spiro atoms. The first-order valence-electron chi connectivity index (χ1n) is 8.26. The molecule has 0 unspecified atom stereocenters. The molecule has 28 heavy (non-hydrogen) atoms. The molecule has 3 aromatic rings. The number of para-hydroxylation sites is 1. The minimum absolute atomic E-state index is 0.177. The molecule has 0 amide bonds. The summed E-state index contributed by atoms with van der Waals surface area (Å²) in [5.41, 5.74) is 1.42. The maximum atomic E-state index is 6.40. The van der Waals surface area contributed by atoms with E-state index in [1.807, 2.05) is 24.3 Å². The van der Waals surface area contributed by atoms with Gasteiger partial charge in [-0.15, -0.1) is 0 Å². The highest BCUT2D eigenvalue weighted by molar-refractivity contribution is 6.50. The quantitative estimate of drug-likeness (QED) is 0.575. The molecule has 0 radical (unpaired) electrons. The van der Waals surface area contributed by atoms with Gasteiger partial charge in [0.25, 0.3) is 5.89 Å². The van der Waals surface area contributed by atoms with E-state index in [-0.39, 0.29) is 10.9 Å². The van der Waals surface area contributed by atoms with Gasteiger partial charge in [0.2, 0.25) is 11.6 Å². The molecule has 7 nitrogen and oxygen atoms in total. The van der Waals surface area contributed by atoms with E-state index in [2.05, 4.69) is 10.1 Å². The van der Waals surface area contributed by atoms with E-state index in [1.54, 1.807) is 46.6 Å². The first-order chi connectivity index (χ1) is 13.6. The van der Waals surface area contributed by atoms with Crippen molar-refractivity contribution in [2.75, 3.05) is 28.4 Å². The zero-order valence-electron chi connectivity index (χ0n) is 15.9. The summed E-state index contributed by atoms with van der Waals surface area (Å²) in [6.07, 6.45) is 1.67. The molecule has 8 heteroatoms. The molecular formula is C20H19ClN2O5. The van der Waals surface area contributed by atoms with Crippen LogP contribution in [0.15, 0.2) is 40.9 Å². The van der Waals surface area contributed by atoms with Crippen LogP contribution in [0, 0.1) is 0 Å². The van der Waals surface area contributed by atoms with Crippen LogP contribution in [0.1, 0.15) is 11.5 Å². The summed E-state index contributed by atoms with van der Waals surface area (Å²) in [5.74, 6) is 2.71. The molecule has 0 bridgehead atoms. The molecule has 0 aliphatic carbocycles. The van der Waals surface area contributed by atoms with Crippen molar-refractivity contribution in [3.63, 3.8) is 0 Å². The van der Waals surface area contributed by atoms with Crippen molar-refractivity contribution >= 4 is 22.7 Å². The lowest BCUT2D eigenvalue weighted by Gasteiger charge is -2.12. The predicted octanol–water partition coefficient (Wildman–Crippen LogP) is 4.51. The largest absolute Gasteiger partial charge is 0.496 e. The minimum atomic E-state index is 0.177. The van der Waals surface area contributed by atoms with Gasteiger partial charge in [-0.25, -0.2) is 0 Å². The lowest BCUT2D eigenvalue weighted by Crippen LogP contribution is -1.95. The molecule has 0 aliphatic heterocycles. The number of benzene rings is 2. The van der Waals surface area contributed by atoms with Gasteiger partial charge in [-0.05, 0) is 35.9 Å². The fraction of sp³-hybridized carbons (Fsp3) is 0.200. The molecule has 0 N–H and O–H groups in total. The molecule has 1 heterocycles. The second-order valence-electron chi connectivity index (χ2n) is 5.57. The second kappa shape index (κ2) is 8.67. The van der Waals surface area contributed by atoms with Gasteiger partial charge in [0.15, 0.2) is 11.5 Å². The van der Waals surface area contributed by atoms with E-state index < -0.39 is 0 Å². The van der Waals surface area contributed by atoms with Crippen molar-refractivity contribution in [2.45, 2.75) is 0 Å². The molecule has 146 valence electrons. The Morgan fingerprint density at radius 2 is 1.57 bits per heavy atom. The number of nitrogens with zero attached hydrogens (tertiary/aromatic N) is 2. The van der Waals surface area contributed by atoms with Crippen LogP contribution in [0.4, 0.5) is 0 Å². The van der Waals surface area contributed by atoms with Crippen LogP contribution >= 0.6 is 11.6 Å². The van der Waals surface area contributed by atoms with Crippen LogP contribution in [-0.2, 0) is 0 Å². The SMILES string of the molecule is COc1ccccc1-c1noc(/C(Cl)=C/c2cc(OC)c(OC)c(OC)c2)n1. The van der Waals surface area contributed by atoms with Crippen LogP contribution in [-0.4, -0.2) is 38.6 Å². The van der Waals surface area contributed by atoms with Crippen LogP contribution in [0.2, 0.25) is 0 Å². The molecule has 0 saturated carbocycles. The number of aromatic nitrogens is 2. The smallest absolute Gasteiger partial charge is 0.269 e. The molecule has 0 fully saturated rings. The summed E-state index contributed by atoms with van der Waals surface area (Å²) < 4.78 is 26.7. The average Bonchev–Trinajstić information content (AvgIpc) is 3.23. The van der Waals surface area contributed by atoms with E-state index in [9.17, 15) is 0 Å². The average molecular weight is 403 g/mol. The zero-order valence-corrected chi connectivity index (χ0v) is 16.6. The van der Waals surface area contributed by atoms with Crippen molar-refractivity contribution in [2.24, 2.45) is 0 Å². The Hall–Kier alpha value is -3.19. The molecule has 2 aromatic carbocycles. The maximum absolute atomic E-state index is 6.40. The van der Waals surface area contributed by atoms with Crippen LogP contribution in [0.3, 0.4) is 0 Å². The Balaban J connectivity index is 1.96. The number of hydrogen-bond donors (Lipinski definition) is 0. The standard InChI is InChI=1S/C20H19ClN2O5/c1-24-15-8-6-5-7-13(15)19-22-20(28-23-19)14(21)9-12-10-16(25-2)18(27-4)17(11-12)26-3/h5-11H,1-4H3/b14-9-. The Bertz CT molecular complexity index is 975.